The maximum atomic E-state index is 14.8. The maximum Gasteiger partial charge on any atom is 0.522 e. The van der Waals surface area contributed by atoms with Crippen molar-refractivity contribution < 1.29 is 51.2 Å². The molecule has 1 saturated heterocycles. The highest BCUT2D eigenvalue weighted by molar-refractivity contribution is 5.98. The van der Waals surface area contributed by atoms with Crippen LogP contribution in [0.4, 0.5) is 17.6 Å². The van der Waals surface area contributed by atoms with Gasteiger partial charge in [-0.15, -0.1) is 13.2 Å². The van der Waals surface area contributed by atoms with Crippen LogP contribution < -0.4 is 20.1 Å². The predicted molar refractivity (Wildman–Crippen MR) is 128 cm³/mol. The molecule has 9 nitrogen and oxygen atoms in total. The van der Waals surface area contributed by atoms with Crippen molar-refractivity contribution in [1.82, 2.24) is 10.6 Å². The summed E-state index contributed by atoms with van der Waals surface area (Å²) in [4.78, 5) is 25.4. The van der Waals surface area contributed by atoms with E-state index in [-0.39, 0.29) is 24.2 Å². The van der Waals surface area contributed by atoms with Gasteiger partial charge in [-0.3, -0.25) is 14.3 Å². The van der Waals surface area contributed by atoms with Crippen molar-refractivity contribution in [3.8, 4) is 11.5 Å². The topological polar surface area (TPSA) is 115 Å². The fourth-order valence-corrected chi connectivity index (χ4v) is 4.60. The minimum absolute atomic E-state index is 0.117. The quantitative estimate of drug-likeness (QED) is 0.321. The van der Waals surface area contributed by atoms with Crippen LogP contribution in [-0.2, 0) is 22.3 Å². The number of aliphatic hydroxyl groups excluding tert-OH is 1. The number of carbonyl (C=O) groups is 2. The largest absolute Gasteiger partial charge is 0.522 e. The van der Waals surface area contributed by atoms with Crippen LogP contribution in [0.1, 0.15) is 43.8 Å². The normalized spacial score (nSPS) is 18.7. The lowest BCUT2D eigenvalue weighted by Crippen LogP contribution is -2.48. The van der Waals surface area contributed by atoms with E-state index in [2.05, 4.69) is 15.4 Å². The molecule has 0 unspecified atom stereocenters. The highest BCUT2D eigenvalue weighted by atomic mass is 19.4. The molecule has 2 aliphatic rings. The second-order valence-corrected chi connectivity index (χ2v) is 9.07. The fraction of sp³-hybridized carbons (Fsp3) is 0.462. The first-order valence-electron chi connectivity index (χ1n) is 12.3. The molecule has 0 radical (unpaired) electrons. The summed E-state index contributed by atoms with van der Waals surface area (Å²) in [5.74, 6) is -1.30. The van der Waals surface area contributed by atoms with E-state index in [0.717, 1.165) is 6.07 Å². The van der Waals surface area contributed by atoms with E-state index in [1.54, 1.807) is 6.07 Å². The zero-order valence-electron chi connectivity index (χ0n) is 21.0. The summed E-state index contributed by atoms with van der Waals surface area (Å²) in [6, 6.07) is 4.99. The number of ether oxygens (including phenoxy) is 4. The number of aliphatic hydroxyl groups is 1. The maximum absolute atomic E-state index is 14.8. The van der Waals surface area contributed by atoms with Gasteiger partial charge in [-0.2, -0.15) is 0 Å². The standard InChI is InChI=1S/C26H28F4N2O7/c1-36-23-17-4-8-38-22(17)15(12-18(23)25(35)32-20-5-7-37-13-21(20)33)10-14-2-3-16(19(27)11-14)24(34)31-6-9-39-26(28,29)30/h2-3,11-12,20-21,33H,4-10,13H2,1H3,(H,31,34)(H,32,35)/t20-,21-/m0/s1. The predicted octanol–water partition coefficient (Wildman–Crippen LogP) is 2.51. The zero-order chi connectivity index (χ0) is 28.2. The zero-order valence-corrected chi connectivity index (χ0v) is 21.0. The van der Waals surface area contributed by atoms with Gasteiger partial charge in [-0.25, -0.2) is 4.39 Å². The summed E-state index contributed by atoms with van der Waals surface area (Å²) in [7, 11) is 1.45. The summed E-state index contributed by atoms with van der Waals surface area (Å²) in [6.07, 6.45) is -4.56. The number of methoxy groups -OCH3 is 1. The Balaban J connectivity index is 1.52. The lowest BCUT2D eigenvalue weighted by molar-refractivity contribution is -0.323. The fourth-order valence-electron chi connectivity index (χ4n) is 4.60. The van der Waals surface area contributed by atoms with Crippen LogP contribution in [0.15, 0.2) is 24.3 Å². The first-order chi connectivity index (χ1) is 18.6. The number of halogens is 4. The average Bonchev–Trinajstić information content (AvgIpc) is 3.37. The van der Waals surface area contributed by atoms with Crippen LogP contribution in [0, 0.1) is 5.82 Å². The molecule has 2 aliphatic heterocycles. The molecule has 2 heterocycles. The first-order valence-corrected chi connectivity index (χ1v) is 12.3. The third-order valence-electron chi connectivity index (χ3n) is 6.42. The van der Waals surface area contributed by atoms with Gasteiger partial charge < -0.3 is 30.0 Å². The number of carbonyl (C=O) groups excluding carboxylic acids is 2. The van der Waals surface area contributed by atoms with Crippen LogP contribution in [0.5, 0.6) is 11.5 Å². The molecule has 13 heteroatoms. The van der Waals surface area contributed by atoms with E-state index in [0.29, 0.717) is 54.2 Å². The number of amides is 2. The molecule has 2 amide bonds. The summed E-state index contributed by atoms with van der Waals surface area (Å²) in [5, 5.41) is 15.2. The van der Waals surface area contributed by atoms with Crippen molar-refractivity contribution in [2.45, 2.75) is 37.8 Å². The van der Waals surface area contributed by atoms with Crippen LogP contribution in [0.25, 0.3) is 0 Å². The van der Waals surface area contributed by atoms with Crippen molar-refractivity contribution in [3.63, 3.8) is 0 Å². The van der Waals surface area contributed by atoms with Gasteiger partial charge in [-0.05, 0) is 35.7 Å². The third-order valence-corrected chi connectivity index (χ3v) is 6.42. The van der Waals surface area contributed by atoms with E-state index < -0.39 is 49.3 Å². The minimum atomic E-state index is -4.82. The molecule has 2 atom stereocenters. The van der Waals surface area contributed by atoms with E-state index in [1.807, 2.05) is 0 Å². The molecule has 2 aromatic rings. The summed E-state index contributed by atoms with van der Waals surface area (Å²) in [5.41, 5.74) is 1.68. The SMILES string of the molecule is COc1c(C(=O)N[C@H]2CCOC[C@@H]2O)cc(Cc2ccc(C(=O)NCCOC(F)(F)F)c(F)c2)c2c1CCO2. The molecular weight excluding hydrogens is 528 g/mol. The van der Waals surface area contributed by atoms with Crippen molar-refractivity contribution in [2.75, 3.05) is 40.1 Å². The van der Waals surface area contributed by atoms with E-state index in [1.165, 1.54) is 19.2 Å². The van der Waals surface area contributed by atoms with Gasteiger partial charge in [0.25, 0.3) is 11.8 Å². The molecule has 3 N–H and O–H groups in total. The monoisotopic (exact) mass is 556 g/mol. The Kier molecular flexibility index (Phi) is 8.93. The highest BCUT2D eigenvalue weighted by Crippen LogP contribution is 2.40. The molecule has 0 aromatic heterocycles. The van der Waals surface area contributed by atoms with Gasteiger partial charge in [0.15, 0.2) is 0 Å². The molecule has 0 saturated carbocycles. The van der Waals surface area contributed by atoms with Crippen molar-refractivity contribution in [1.29, 1.82) is 0 Å². The van der Waals surface area contributed by atoms with Gasteiger partial charge in [0.05, 0.1) is 50.2 Å². The van der Waals surface area contributed by atoms with Gasteiger partial charge in [0.2, 0.25) is 0 Å². The van der Waals surface area contributed by atoms with Gasteiger partial charge in [-0.1, -0.05) is 6.07 Å². The lowest BCUT2D eigenvalue weighted by atomic mass is 9.95. The van der Waals surface area contributed by atoms with Crippen molar-refractivity contribution in [2.24, 2.45) is 0 Å². The molecule has 1 fully saturated rings. The summed E-state index contributed by atoms with van der Waals surface area (Å²) in [6.45, 7) is -0.366. The summed E-state index contributed by atoms with van der Waals surface area (Å²) >= 11 is 0. The second kappa shape index (κ2) is 12.2. The smallest absolute Gasteiger partial charge is 0.495 e. The minimum Gasteiger partial charge on any atom is -0.495 e. The molecule has 0 bridgehead atoms. The Morgan fingerprint density at radius 3 is 2.64 bits per heavy atom. The Hall–Kier alpha value is -3.42. The van der Waals surface area contributed by atoms with Crippen molar-refractivity contribution in [3.05, 3.63) is 57.9 Å². The number of benzene rings is 2. The lowest BCUT2D eigenvalue weighted by Gasteiger charge is -2.28. The first kappa shape index (κ1) is 28.6. The average molecular weight is 557 g/mol. The number of hydrogen-bond donors (Lipinski definition) is 3. The number of nitrogens with one attached hydrogen (secondary N) is 2. The molecule has 39 heavy (non-hydrogen) atoms. The Morgan fingerprint density at radius 2 is 1.95 bits per heavy atom. The molecule has 0 aliphatic carbocycles. The molecular formula is C26H28F4N2O7. The third kappa shape index (κ3) is 6.97. The molecule has 212 valence electrons. The molecule has 0 spiro atoms. The van der Waals surface area contributed by atoms with Crippen LogP contribution in [-0.4, -0.2) is 75.5 Å². The van der Waals surface area contributed by atoms with E-state index >= 15 is 0 Å². The van der Waals surface area contributed by atoms with Gasteiger partial charge >= 0.3 is 6.36 Å². The highest BCUT2D eigenvalue weighted by Gasteiger charge is 2.31. The Labute approximate surface area is 221 Å². The number of hydrogen-bond acceptors (Lipinski definition) is 7. The van der Waals surface area contributed by atoms with Crippen LogP contribution >= 0.6 is 0 Å². The second-order valence-electron chi connectivity index (χ2n) is 9.07. The number of fused-ring (bicyclic) bond motifs is 1. The number of alkyl halides is 3. The van der Waals surface area contributed by atoms with Gasteiger partial charge in [0, 0.05) is 31.6 Å². The van der Waals surface area contributed by atoms with Crippen LogP contribution in [0.3, 0.4) is 0 Å². The number of rotatable bonds is 9. The van der Waals surface area contributed by atoms with Crippen LogP contribution in [0.2, 0.25) is 0 Å². The summed E-state index contributed by atoms with van der Waals surface area (Å²) < 4.78 is 71.1. The molecule has 2 aromatic carbocycles. The Morgan fingerprint density at radius 1 is 1.15 bits per heavy atom. The Bertz CT molecular complexity index is 1220. The van der Waals surface area contributed by atoms with Gasteiger partial charge in [0.1, 0.15) is 17.3 Å². The van der Waals surface area contributed by atoms with E-state index in [9.17, 15) is 32.3 Å². The van der Waals surface area contributed by atoms with Crippen molar-refractivity contribution >= 4 is 11.8 Å². The molecule has 4 rings (SSSR count). The van der Waals surface area contributed by atoms with E-state index in [4.69, 9.17) is 14.2 Å².